The molecule has 2 rings (SSSR count). The van der Waals surface area contributed by atoms with E-state index in [0.29, 0.717) is 17.4 Å². The van der Waals surface area contributed by atoms with Gasteiger partial charge in [-0.15, -0.1) is 5.10 Å². The van der Waals surface area contributed by atoms with Gasteiger partial charge in [-0.1, -0.05) is 19.0 Å². The number of aryl methyl sites for hydroxylation is 1. The molecule has 0 saturated heterocycles. The van der Waals surface area contributed by atoms with Gasteiger partial charge >= 0.3 is 0 Å². The Labute approximate surface area is 112 Å². The van der Waals surface area contributed by atoms with Crippen molar-refractivity contribution in [2.24, 2.45) is 0 Å². The molecular weight excluding hydrogens is 242 g/mol. The van der Waals surface area contributed by atoms with Crippen LogP contribution in [0, 0.1) is 6.92 Å². The standard InChI is InChI=1S/C13H19N5O/c1-5-11(18(4)6-2)13-14-12(17-19-13)10-8-7-9(3)15-16-10/h7-8,11H,5-6H2,1-4H3/t11-/m0/s1. The van der Waals surface area contributed by atoms with E-state index in [1.165, 1.54) is 0 Å². The maximum atomic E-state index is 5.35. The van der Waals surface area contributed by atoms with Gasteiger partial charge < -0.3 is 4.52 Å². The third-order valence-corrected chi connectivity index (χ3v) is 3.17. The van der Waals surface area contributed by atoms with Crippen LogP contribution in [0.3, 0.4) is 0 Å². The zero-order chi connectivity index (χ0) is 13.8. The highest BCUT2D eigenvalue weighted by Gasteiger charge is 2.21. The van der Waals surface area contributed by atoms with Crippen molar-refractivity contribution >= 4 is 0 Å². The van der Waals surface area contributed by atoms with Gasteiger partial charge in [0.1, 0.15) is 5.69 Å². The van der Waals surface area contributed by atoms with E-state index in [1.807, 2.05) is 26.1 Å². The van der Waals surface area contributed by atoms with Crippen LogP contribution < -0.4 is 0 Å². The van der Waals surface area contributed by atoms with Crippen molar-refractivity contribution < 1.29 is 4.52 Å². The van der Waals surface area contributed by atoms with Gasteiger partial charge in [-0.05, 0) is 39.1 Å². The van der Waals surface area contributed by atoms with E-state index in [0.717, 1.165) is 18.7 Å². The lowest BCUT2D eigenvalue weighted by atomic mass is 10.2. The quantitative estimate of drug-likeness (QED) is 0.822. The fourth-order valence-electron chi connectivity index (χ4n) is 1.89. The third-order valence-electron chi connectivity index (χ3n) is 3.17. The summed E-state index contributed by atoms with van der Waals surface area (Å²) in [6.45, 7) is 7.03. The highest BCUT2D eigenvalue weighted by atomic mass is 16.5. The smallest absolute Gasteiger partial charge is 0.244 e. The maximum Gasteiger partial charge on any atom is 0.244 e. The summed E-state index contributed by atoms with van der Waals surface area (Å²) in [5.74, 6) is 1.12. The summed E-state index contributed by atoms with van der Waals surface area (Å²) < 4.78 is 5.35. The molecule has 0 bridgehead atoms. The molecule has 102 valence electrons. The summed E-state index contributed by atoms with van der Waals surface area (Å²) in [5.41, 5.74) is 1.50. The molecule has 0 saturated carbocycles. The van der Waals surface area contributed by atoms with E-state index in [2.05, 4.69) is 39.1 Å². The number of hydrogen-bond acceptors (Lipinski definition) is 6. The van der Waals surface area contributed by atoms with Crippen molar-refractivity contribution in [2.75, 3.05) is 13.6 Å². The lowest BCUT2D eigenvalue weighted by molar-refractivity contribution is 0.198. The first-order valence-corrected chi connectivity index (χ1v) is 6.50. The number of hydrogen-bond donors (Lipinski definition) is 0. The summed E-state index contributed by atoms with van der Waals surface area (Å²) >= 11 is 0. The minimum atomic E-state index is 0.143. The molecule has 0 spiro atoms. The van der Waals surface area contributed by atoms with E-state index in [4.69, 9.17) is 4.52 Å². The van der Waals surface area contributed by atoms with E-state index >= 15 is 0 Å². The number of nitrogens with zero attached hydrogens (tertiary/aromatic N) is 5. The fourth-order valence-corrected chi connectivity index (χ4v) is 1.89. The summed E-state index contributed by atoms with van der Waals surface area (Å²) in [5, 5.41) is 12.0. The Kier molecular flexibility index (Phi) is 4.21. The fraction of sp³-hybridized carbons (Fsp3) is 0.538. The summed E-state index contributed by atoms with van der Waals surface area (Å²) in [4.78, 5) is 6.61. The summed E-state index contributed by atoms with van der Waals surface area (Å²) in [7, 11) is 2.05. The normalized spacial score (nSPS) is 12.9. The first-order chi connectivity index (χ1) is 9.15. The second-order valence-corrected chi connectivity index (χ2v) is 4.51. The second-order valence-electron chi connectivity index (χ2n) is 4.51. The third kappa shape index (κ3) is 2.96. The molecule has 6 heteroatoms. The molecule has 0 radical (unpaired) electrons. The Morgan fingerprint density at radius 1 is 1.26 bits per heavy atom. The monoisotopic (exact) mass is 261 g/mol. The maximum absolute atomic E-state index is 5.35. The Hall–Kier alpha value is -1.82. The Morgan fingerprint density at radius 3 is 2.63 bits per heavy atom. The summed E-state index contributed by atoms with van der Waals surface area (Å²) in [6.07, 6.45) is 0.922. The van der Waals surface area contributed by atoms with Crippen LogP contribution in [-0.4, -0.2) is 38.8 Å². The van der Waals surface area contributed by atoms with Crippen LogP contribution in [0.2, 0.25) is 0 Å². The van der Waals surface area contributed by atoms with Crippen molar-refractivity contribution in [1.82, 2.24) is 25.2 Å². The van der Waals surface area contributed by atoms with E-state index in [9.17, 15) is 0 Å². The van der Waals surface area contributed by atoms with Crippen molar-refractivity contribution in [3.8, 4) is 11.5 Å². The summed E-state index contributed by atoms with van der Waals surface area (Å²) in [6, 6.07) is 3.87. The average molecular weight is 261 g/mol. The van der Waals surface area contributed by atoms with Gasteiger partial charge in [-0.25, -0.2) is 0 Å². The van der Waals surface area contributed by atoms with Gasteiger partial charge in [-0.3, -0.25) is 4.90 Å². The molecule has 0 N–H and O–H groups in total. The molecule has 6 nitrogen and oxygen atoms in total. The molecular formula is C13H19N5O. The largest absolute Gasteiger partial charge is 0.337 e. The first kappa shape index (κ1) is 13.6. The average Bonchev–Trinajstić information content (AvgIpc) is 2.89. The Morgan fingerprint density at radius 2 is 2.05 bits per heavy atom. The van der Waals surface area contributed by atoms with Crippen molar-refractivity contribution in [1.29, 1.82) is 0 Å². The SMILES string of the molecule is CC[C@@H](c1nc(-c2ccc(C)nn2)no1)N(C)CC. The van der Waals surface area contributed by atoms with Crippen LogP contribution in [0.25, 0.3) is 11.5 Å². The minimum Gasteiger partial charge on any atom is -0.337 e. The van der Waals surface area contributed by atoms with Crippen LogP contribution in [0.4, 0.5) is 0 Å². The minimum absolute atomic E-state index is 0.143. The van der Waals surface area contributed by atoms with Gasteiger partial charge in [0, 0.05) is 0 Å². The second kappa shape index (κ2) is 5.88. The molecule has 2 aromatic rings. The molecule has 0 fully saturated rings. The molecule has 1 atom stereocenters. The van der Waals surface area contributed by atoms with Crippen LogP contribution in [0.1, 0.15) is 37.9 Å². The number of aromatic nitrogens is 4. The molecule has 0 aliphatic rings. The van der Waals surface area contributed by atoms with Crippen molar-refractivity contribution in [3.05, 3.63) is 23.7 Å². The van der Waals surface area contributed by atoms with E-state index in [1.54, 1.807) is 0 Å². The van der Waals surface area contributed by atoms with Crippen molar-refractivity contribution in [2.45, 2.75) is 33.2 Å². The van der Waals surface area contributed by atoms with Gasteiger partial charge in [0.2, 0.25) is 11.7 Å². The molecule has 0 unspecified atom stereocenters. The zero-order valence-electron chi connectivity index (χ0n) is 11.8. The zero-order valence-corrected chi connectivity index (χ0v) is 11.8. The van der Waals surface area contributed by atoms with Gasteiger partial charge in [-0.2, -0.15) is 10.1 Å². The number of rotatable bonds is 5. The van der Waals surface area contributed by atoms with Crippen LogP contribution in [0.15, 0.2) is 16.7 Å². The van der Waals surface area contributed by atoms with Crippen molar-refractivity contribution in [3.63, 3.8) is 0 Å². The van der Waals surface area contributed by atoms with Crippen LogP contribution >= 0.6 is 0 Å². The molecule has 0 amide bonds. The lowest BCUT2D eigenvalue weighted by Gasteiger charge is -2.21. The lowest BCUT2D eigenvalue weighted by Crippen LogP contribution is -2.23. The van der Waals surface area contributed by atoms with Gasteiger partial charge in [0.25, 0.3) is 0 Å². The van der Waals surface area contributed by atoms with Crippen LogP contribution in [-0.2, 0) is 0 Å². The molecule has 0 aliphatic carbocycles. The predicted molar refractivity (Wildman–Crippen MR) is 71.4 cm³/mol. The molecule has 0 aromatic carbocycles. The predicted octanol–water partition coefficient (Wildman–Crippen LogP) is 2.24. The molecule has 2 aromatic heterocycles. The molecule has 0 aliphatic heterocycles. The highest BCUT2D eigenvalue weighted by molar-refractivity contribution is 5.46. The Bertz CT molecular complexity index is 522. The molecule has 19 heavy (non-hydrogen) atoms. The Balaban J connectivity index is 2.25. The van der Waals surface area contributed by atoms with Gasteiger partial charge in [0.05, 0.1) is 11.7 Å². The van der Waals surface area contributed by atoms with Gasteiger partial charge in [0.15, 0.2) is 0 Å². The topological polar surface area (TPSA) is 67.9 Å². The van der Waals surface area contributed by atoms with E-state index < -0.39 is 0 Å². The van der Waals surface area contributed by atoms with E-state index in [-0.39, 0.29) is 6.04 Å². The first-order valence-electron chi connectivity index (χ1n) is 6.50. The molecule has 2 heterocycles. The van der Waals surface area contributed by atoms with Crippen LogP contribution in [0.5, 0.6) is 0 Å². The highest BCUT2D eigenvalue weighted by Crippen LogP contribution is 2.23.